The van der Waals surface area contributed by atoms with Crippen LogP contribution in [0.1, 0.15) is 30.1 Å². The standard InChI is InChI=1S/C12H17NO4S/c1-3-4-9-13(18(15)16)11-8-6-5-7-10(11)12(14)17-2/h5-8H,3-4,9H2,1-2H3,(H,15,16)/p-1. The molecule has 6 heteroatoms. The summed E-state index contributed by atoms with van der Waals surface area (Å²) < 4.78 is 28.3. The molecule has 0 spiro atoms. The monoisotopic (exact) mass is 270 g/mol. The molecule has 0 aliphatic heterocycles. The fraction of sp³-hybridized carbons (Fsp3) is 0.417. The van der Waals surface area contributed by atoms with Gasteiger partial charge in [0.1, 0.15) is 0 Å². The predicted octanol–water partition coefficient (Wildman–Crippen LogP) is 1.87. The van der Waals surface area contributed by atoms with Crippen molar-refractivity contribution < 1.29 is 18.3 Å². The van der Waals surface area contributed by atoms with Crippen LogP contribution in [0.25, 0.3) is 0 Å². The molecule has 1 aromatic carbocycles. The number of benzene rings is 1. The lowest BCUT2D eigenvalue weighted by Crippen LogP contribution is -2.28. The third-order valence-electron chi connectivity index (χ3n) is 2.47. The summed E-state index contributed by atoms with van der Waals surface area (Å²) in [5, 5.41) is 0. The minimum atomic E-state index is -2.41. The molecular formula is C12H16NO4S-. The molecule has 0 aliphatic rings. The fourth-order valence-corrected chi connectivity index (χ4v) is 2.15. The molecule has 0 radical (unpaired) electrons. The van der Waals surface area contributed by atoms with Crippen LogP contribution in [0.3, 0.4) is 0 Å². The lowest BCUT2D eigenvalue weighted by Gasteiger charge is -2.27. The second-order valence-electron chi connectivity index (χ2n) is 3.68. The van der Waals surface area contributed by atoms with Crippen molar-refractivity contribution in [2.24, 2.45) is 0 Å². The fourth-order valence-electron chi connectivity index (χ4n) is 1.55. The van der Waals surface area contributed by atoms with Crippen LogP contribution in [0.2, 0.25) is 0 Å². The lowest BCUT2D eigenvalue weighted by molar-refractivity contribution is 0.0601. The molecular weight excluding hydrogens is 254 g/mol. The Morgan fingerprint density at radius 2 is 2.11 bits per heavy atom. The molecule has 0 saturated heterocycles. The first-order valence-electron chi connectivity index (χ1n) is 5.66. The first-order chi connectivity index (χ1) is 8.61. The van der Waals surface area contributed by atoms with E-state index in [1.54, 1.807) is 24.3 Å². The average Bonchev–Trinajstić information content (AvgIpc) is 2.38. The first-order valence-corrected chi connectivity index (χ1v) is 6.69. The van der Waals surface area contributed by atoms with Gasteiger partial charge < -0.3 is 13.6 Å². The van der Waals surface area contributed by atoms with Gasteiger partial charge in [-0.1, -0.05) is 25.5 Å². The maximum absolute atomic E-state index is 11.6. The first kappa shape index (κ1) is 14.7. The largest absolute Gasteiger partial charge is 0.755 e. The minimum absolute atomic E-state index is 0.250. The van der Waals surface area contributed by atoms with E-state index in [0.717, 1.165) is 12.8 Å². The summed E-state index contributed by atoms with van der Waals surface area (Å²) in [6.07, 6.45) is 1.59. The predicted molar refractivity (Wildman–Crippen MR) is 69.0 cm³/mol. The highest BCUT2D eigenvalue weighted by molar-refractivity contribution is 7.80. The van der Waals surface area contributed by atoms with Crippen molar-refractivity contribution in [2.75, 3.05) is 18.0 Å². The van der Waals surface area contributed by atoms with Gasteiger partial charge in [0.05, 0.1) is 18.4 Å². The molecule has 100 valence electrons. The number of nitrogens with zero attached hydrogens (tertiary/aromatic N) is 1. The average molecular weight is 270 g/mol. The van der Waals surface area contributed by atoms with Crippen molar-refractivity contribution in [2.45, 2.75) is 19.8 Å². The van der Waals surface area contributed by atoms with Gasteiger partial charge in [0.2, 0.25) is 0 Å². The van der Waals surface area contributed by atoms with Gasteiger partial charge in [-0.15, -0.1) is 0 Å². The number of para-hydroxylation sites is 1. The van der Waals surface area contributed by atoms with Gasteiger partial charge in [-0.05, 0) is 18.6 Å². The highest BCUT2D eigenvalue weighted by atomic mass is 32.2. The van der Waals surface area contributed by atoms with E-state index in [0.29, 0.717) is 12.2 Å². The summed E-state index contributed by atoms with van der Waals surface area (Å²) in [7, 11) is 1.27. The number of esters is 1. The Morgan fingerprint density at radius 1 is 1.44 bits per heavy atom. The van der Waals surface area contributed by atoms with Crippen molar-refractivity contribution in [3.8, 4) is 0 Å². The highest BCUT2D eigenvalue weighted by Crippen LogP contribution is 2.22. The van der Waals surface area contributed by atoms with E-state index >= 15 is 0 Å². The van der Waals surface area contributed by atoms with Crippen molar-refractivity contribution in [1.29, 1.82) is 0 Å². The second kappa shape index (κ2) is 7.13. The summed E-state index contributed by atoms with van der Waals surface area (Å²) in [6, 6.07) is 6.50. The molecule has 18 heavy (non-hydrogen) atoms. The molecule has 0 heterocycles. The Labute approximate surface area is 109 Å². The molecule has 0 amide bonds. The van der Waals surface area contributed by atoms with Crippen LogP contribution in [0, 0.1) is 0 Å². The minimum Gasteiger partial charge on any atom is -0.755 e. The van der Waals surface area contributed by atoms with E-state index in [4.69, 9.17) is 0 Å². The Bertz CT molecular complexity index is 436. The van der Waals surface area contributed by atoms with Crippen LogP contribution in [-0.2, 0) is 16.0 Å². The Balaban J connectivity index is 3.11. The van der Waals surface area contributed by atoms with Gasteiger partial charge in [-0.2, -0.15) is 0 Å². The van der Waals surface area contributed by atoms with Crippen LogP contribution in [0.5, 0.6) is 0 Å². The molecule has 1 aromatic rings. The number of hydrogen-bond donors (Lipinski definition) is 0. The van der Waals surface area contributed by atoms with Crippen molar-refractivity contribution in [3.05, 3.63) is 29.8 Å². The highest BCUT2D eigenvalue weighted by Gasteiger charge is 2.16. The molecule has 1 unspecified atom stereocenters. The van der Waals surface area contributed by atoms with Crippen molar-refractivity contribution >= 4 is 22.9 Å². The van der Waals surface area contributed by atoms with Gasteiger partial charge in [0.15, 0.2) is 0 Å². The van der Waals surface area contributed by atoms with E-state index in [2.05, 4.69) is 4.74 Å². The molecule has 0 saturated carbocycles. The number of methoxy groups -OCH3 is 1. The Morgan fingerprint density at radius 3 is 2.67 bits per heavy atom. The molecule has 0 fully saturated rings. The molecule has 0 bridgehead atoms. The summed E-state index contributed by atoms with van der Waals surface area (Å²) in [5.74, 6) is -0.544. The van der Waals surface area contributed by atoms with E-state index in [1.165, 1.54) is 11.4 Å². The Kier molecular flexibility index (Phi) is 5.80. The number of unbranched alkanes of at least 4 members (excludes halogenated alkanes) is 1. The smallest absolute Gasteiger partial charge is 0.340 e. The normalized spacial score (nSPS) is 11.9. The summed E-state index contributed by atoms with van der Waals surface area (Å²) in [4.78, 5) is 11.6. The van der Waals surface area contributed by atoms with Crippen LogP contribution >= 0.6 is 0 Å². The summed E-state index contributed by atoms with van der Waals surface area (Å²) in [5.41, 5.74) is 0.603. The van der Waals surface area contributed by atoms with Gasteiger partial charge >= 0.3 is 5.97 Å². The van der Waals surface area contributed by atoms with E-state index in [9.17, 15) is 13.6 Å². The third kappa shape index (κ3) is 3.54. The van der Waals surface area contributed by atoms with Crippen LogP contribution in [0.4, 0.5) is 5.69 Å². The quantitative estimate of drug-likeness (QED) is 0.584. The second-order valence-corrected chi connectivity index (χ2v) is 4.56. The molecule has 1 atom stereocenters. The van der Waals surface area contributed by atoms with Crippen molar-refractivity contribution in [3.63, 3.8) is 0 Å². The molecule has 1 rings (SSSR count). The van der Waals surface area contributed by atoms with Gasteiger partial charge in [-0.25, -0.2) is 4.79 Å². The number of rotatable bonds is 6. The maximum Gasteiger partial charge on any atom is 0.340 e. The zero-order valence-corrected chi connectivity index (χ0v) is 11.2. The van der Waals surface area contributed by atoms with Gasteiger partial charge in [-0.3, -0.25) is 4.21 Å². The number of anilines is 1. The molecule has 0 aliphatic carbocycles. The Hall–Kier alpha value is -1.40. The summed E-state index contributed by atoms with van der Waals surface area (Å²) >= 11 is -2.41. The molecule has 0 N–H and O–H groups in total. The van der Waals surface area contributed by atoms with E-state index in [1.807, 2.05) is 6.92 Å². The number of carbonyl (C=O) groups is 1. The maximum atomic E-state index is 11.6. The molecule has 0 aromatic heterocycles. The zero-order chi connectivity index (χ0) is 13.5. The van der Waals surface area contributed by atoms with Crippen LogP contribution < -0.4 is 4.31 Å². The summed E-state index contributed by atoms with van der Waals surface area (Å²) in [6.45, 7) is 2.32. The van der Waals surface area contributed by atoms with Crippen LogP contribution in [0.15, 0.2) is 24.3 Å². The zero-order valence-electron chi connectivity index (χ0n) is 10.4. The van der Waals surface area contributed by atoms with E-state index in [-0.39, 0.29) is 5.56 Å². The SMILES string of the molecule is CCCCN(c1ccccc1C(=O)OC)S(=O)[O-]. The van der Waals surface area contributed by atoms with E-state index < -0.39 is 17.2 Å². The van der Waals surface area contributed by atoms with Gasteiger partial charge in [0.25, 0.3) is 0 Å². The number of hydrogen-bond acceptors (Lipinski definition) is 4. The number of ether oxygens (including phenoxy) is 1. The topological polar surface area (TPSA) is 69.7 Å². The number of carbonyl (C=O) groups excluding carboxylic acids is 1. The van der Waals surface area contributed by atoms with Crippen molar-refractivity contribution in [1.82, 2.24) is 0 Å². The van der Waals surface area contributed by atoms with Gasteiger partial charge in [0, 0.05) is 17.8 Å². The lowest BCUT2D eigenvalue weighted by atomic mass is 10.1. The van der Waals surface area contributed by atoms with Crippen LogP contribution in [-0.4, -0.2) is 28.4 Å². The molecule has 5 nitrogen and oxygen atoms in total. The third-order valence-corrected chi connectivity index (χ3v) is 3.21.